The fourth-order valence-corrected chi connectivity index (χ4v) is 5.69. The summed E-state index contributed by atoms with van der Waals surface area (Å²) in [6.07, 6.45) is 5.67. The zero-order valence-electron chi connectivity index (χ0n) is 19.9. The fraction of sp³-hybridized carbons (Fsp3) is 0.536. The van der Waals surface area contributed by atoms with Crippen LogP contribution in [-0.2, 0) is 14.3 Å². The molecule has 7 heteroatoms. The van der Waals surface area contributed by atoms with Crippen LogP contribution in [0.15, 0.2) is 30.3 Å². The van der Waals surface area contributed by atoms with E-state index in [0.717, 1.165) is 31.2 Å². The van der Waals surface area contributed by atoms with E-state index < -0.39 is 17.6 Å². The lowest BCUT2D eigenvalue weighted by atomic mass is 9.78. The largest absolute Gasteiger partial charge is 0.423 e. The molecule has 0 amide bonds. The quantitative estimate of drug-likeness (QED) is 0.257. The van der Waals surface area contributed by atoms with Gasteiger partial charge in [0.1, 0.15) is 11.9 Å². The molecule has 2 aliphatic carbocycles. The molecule has 3 fully saturated rings. The minimum absolute atomic E-state index is 0.0633. The molecular weight excluding hydrogens is 457 g/mol. The van der Waals surface area contributed by atoms with E-state index in [1.165, 1.54) is 6.07 Å². The molecule has 0 radical (unpaired) electrons. The van der Waals surface area contributed by atoms with Crippen molar-refractivity contribution < 1.29 is 32.2 Å². The molecule has 0 bridgehead atoms. The zero-order valence-corrected chi connectivity index (χ0v) is 19.9. The van der Waals surface area contributed by atoms with E-state index in [9.17, 15) is 18.0 Å². The lowest BCUT2D eigenvalue weighted by molar-refractivity contribution is -0.140. The van der Waals surface area contributed by atoms with Crippen molar-refractivity contribution in [3.8, 4) is 5.75 Å². The number of hydrogen-bond acceptors (Lipinski definition) is 4. The number of halogens is 3. The normalized spacial score (nSPS) is 28.5. The van der Waals surface area contributed by atoms with Crippen molar-refractivity contribution >= 4 is 5.97 Å². The van der Waals surface area contributed by atoms with Crippen LogP contribution < -0.4 is 4.74 Å². The maximum Gasteiger partial charge on any atom is 0.314 e. The van der Waals surface area contributed by atoms with Gasteiger partial charge in [-0.1, -0.05) is 18.2 Å². The van der Waals surface area contributed by atoms with Gasteiger partial charge in [0.2, 0.25) is 5.82 Å². The van der Waals surface area contributed by atoms with Gasteiger partial charge in [-0.2, -0.15) is 4.39 Å². The van der Waals surface area contributed by atoms with E-state index in [1.807, 2.05) is 6.07 Å². The smallest absolute Gasteiger partial charge is 0.314 e. The number of methoxy groups -OCH3 is 1. The number of esters is 1. The third-order valence-electron chi connectivity index (χ3n) is 7.97. The summed E-state index contributed by atoms with van der Waals surface area (Å²) in [5, 5.41) is 0. The molecule has 2 aromatic rings. The molecule has 188 valence electrons. The standard InChI is InChI=1S/C28H31F3O4/c1-33-20-9-6-17(7-10-20)21-12-13-24(27(31)26(21)30)35-28(32)18-4-2-16(3-5-18)19-8-11-22(23(29)14-19)25-15-34-25/h8,11-14,16-18,20,25H,2-7,9-10,15H2,1H3. The van der Waals surface area contributed by atoms with Crippen molar-refractivity contribution in [2.75, 3.05) is 13.7 Å². The maximum atomic E-state index is 14.8. The van der Waals surface area contributed by atoms with Crippen molar-refractivity contribution in [3.63, 3.8) is 0 Å². The van der Waals surface area contributed by atoms with Crippen molar-refractivity contribution in [2.45, 2.75) is 75.4 Å². The first-order chi connectivity index (χ1) is 16.9. The van der Waals surface area contributed by atoms with Gasteiger partial charge in [0.25, 0.3) is 0 Å². The molecule has 0 spiro atoms. The first-order valence-electron chi connectivity index (χ1n) is 12.6. The second-order valence-electron chi connectivity index (χ2n) is 10.1. The lowest BCUT2D eigenvalue weighted by Gasteiger charge is -2.28. The van der Waals surface area contributed by atoms with E-state index in [-0.39, 0.29) is 41.5 Å². The molecule has 0 N–H and O–H groups in total. The fourth-order valence-electron chi connectivity index (χ4n) is 5.69. The highest BCUT2D eigenvalue weighted by Crippen LogP contribution is 2.40. The Kier molecular flexibility index (Phi) is 7.17. The van der Waals surface area contributed by atoms with Crippen LogP contribution >= 0.6 is 0 Å². The van der Waals surface area contributed by atoms with Crippen LogP contribution in [0, 0.1) is 23.4 Å². The third kappa shape index (κ3) is 5.26. The summed E-state index contributed by atoms with van der Waals surface area (Å²) in [6, 6.07) is 8.20. The van der Waals surface area contributed by atoms with Gasteiger partial charge in [-0.05, 0) is 86.5 Å². The Balaban J connectivity index is 1.17. The summed E-state index contributed by atoms with van der Waals surface area (Å²) < 4.78 is 59.8. The van der Waals surface area contributed by atoms with Crippen LogP contribution in [0.4, 0.5) is 13.2 Å². The van der Waals surface area contributed by atoms with Crippen molar-refractivity contribution in [1.82, 2.24) is 0 Å². The number of hydrogen-bond donors (Lipinski definition) is 0. The van der Waals surface area contributed by atoms with Crippen LogP contribution in [0.2, 0.25) is 0 Å². The number of benzene rings is 2. The molecule has 2 saturated carbocycles. The molecule has 1 unspecified atom stereocenters. The van der Waals surface area contributed by atoms with Gasteiger partial charge >= 0.3 is 5.97 Å². The van der Waals surface area contributed by atoms with Gasteiger partial charge in [0, 0.05) is 12.7 Å². The van der Waals surface area contributed by atoms with E-state index in [2.05, 4.69) is 0 Å². The Morgan fingerprint density at radius 2 is 1.51 bits per heavy atom. The predicted molar refractivity (Wildman–Crippen MR) is 124 cm³/mol. The topological polar surface area (TPSA) is 48.1 Å². The second-order valence-corrected chi connectivity index (χ2v) is 10.1. The number of carbonyl (C=O) groups excluding carboxylic acids is 1. The Labute approximate surface area is 203 Å². The van der Waals surface area contributed by atoms with Crippen molar-refractivity contribution in [2.24, 2.45) is 5.92 Å². The van der Waals surface area contributed by atoms with Crippen LogP contribution in [0.25, 0.3) is 0 Å². The predicted octanol–water partition coefficient (Wildman–Crippen LogP) is 6.73. The van der Waals surface area contributed by atoms with E-state index in [0.29, 0.717) is 43.4 Å². The van der Waals surface area contributed by atoms with Gasteiger partial charge in [-0.15, -0.1) is 0 Å². The highest BCUT2D eigenvalue weighted by atomic mass is 19.2. The molecule has 0 aromatic heterocycles. The molecule has 4 nitrogen and oxygen atoms in total. The molecule has 1 saturated heterocycles. The average Bonchev–Trinajstić information content (AvgIpc) is 3.72. The van der Waals surface area contributed by atoms with E-state index >= 15 is 0 Å². The number of ether oxygens (including phenoxy) is 3. The molecule has 3 aliphatic rings. The number of carbonyl (C=O) groups is 1. The van der Waals surface area contributed by atoms with Crippen LogP contribution in [0.3, 0.4) is 0 Å². The Hall–Kier alpha value is -2.38. The average molecular weight is 489 g/mol. The van der Waals surface area contributed by atoms with Gasteiger partial charge in [-0.25, -0.2) is 8.78 Å². The molecule has 1 heterocycles. The summed E-state index contributed by atoms with van der Waals surface area (Å²) in [7, 11) is 1.67. The molecule has 1 atom stereocenters. The number of epoxide rings is 1. The van der Waals surface area contributed by atoms with Crippen molar-refractivity contribution in [1.29, 1.82) is 0 Å². The highest BCUT2D eigenvalue weighted by Gasteiger charge is 2.32. The van der Waals surface area contributed by atoms with Gasteiger partial charge in [0.05, 0.1) is 18.6 Å². The maximum absolute atomic E-state index is 14.8. The molecule has 35 heavy (non-hydrogen) atoms. The monoisotopic (exact) mass is 488 g/mol. The summed E-state index contributed by atoms with van der Waals surface area (Å²) in [6.45, 7) is 0.562. The minimum Gasteiger partial charge on any atom is -0.423 e. The molecule has 1 aliphatic heterocycles. The zero-order chi connectivity index (χ0) is 24.5. The van der Waals surface area contributed by atoms with Crippen LogP contribution in [0.1, 0.15) is 86.0 Å². The van der Waals surface area contributed by atoms with Gasteiger partial charge < -0.3 is 14.2 Å². The van der Waals surface area contributed by atoms with Crippen molar-refractivity contribution in [3.05, 3.63) is 64.5 Å². The van der Waals surface area contributed by atoms with Gasteiger partial charge in [-0.3, -0.25) is 4.79 Å². The van der Waals surface area contributed by atoms with E-state index in [1.54, 1.807) is 25.3 Å². The Bertz CT molecular complexity index is 1070. The summed E-state index contributed by atoms with van der Waals surface area (Å²) in [4.78, 5) is 12.7. The Morgan fingerprint density at radius 1 is 0.857 bits per heavy atom. The molecule has 2 aromatic carbocycles. The molecule has 5 rings (SSSR count). The Morgan fingerprint density at radius 3 is 2.14 bits per heavy atom. The second kappa shape index (κ2) is 10.3. The summed E-state index contributed by atoms with van der Waals surface area (Å²) in [5.41, 5.74) is 1.85. The molecular formula is C28H31F3O4. The van der Waals surface area contributed by atoms with Crippen LogP contribution in [-0.4, -0.2) is 25.8 Å². The highest BCUT2D eigenvalue weighted by molar-refractivity contribution is 5.75. The SMILES string of the molecule is COC1CCC(c2ccc(OC(=O)C3CCC(c4ccc(C5CO5)c(F)c4)CC3)c(F)c2F)CC1. The third-order valence-corrected chi connectivity index (χ3v) is 7.97. The van der Waals surface area contributed by atoms with E-state index in [4.69, 9.17) is 14.2 Å². The summed E-state index contributed by atoms with van der Waals surface area (Å²) >= 11 is 0. The first-order valence-corrected chi connectivity index (χ1v) is 12.6. The number of rotatable bonds is 6. The van der Waals surface area contributed by atoms with Crippen LogP contribution in [0.5, 0.6) is 5.75 Å². The van der Waals surface area contributed by atoms with Gasteiger partial charge in [0.15, 0.2) is 11.6 Å². The summed E-state index contributed by atoms with van der Waals surface area (Å²) in [5.74, 6) is -3.47. The lowest BCUT2D eigenvalue weighted by Crippen LogP contribution is -2.25. The minimum atomic E-state index is -1.10. The first kappa shape index (κ1) is 24.3.